The zero-order valence-corrected chi connectivity index (χ0v) is 9.94. The molecule has 1 aromatic carbocycles. The average Bonchev–Trinajstić information content (AvgIpc) is 2.70. The lowest BCUT2D eigenvalue weighted by molar-refractivity contribution is 0.649. The van der Waals surface area contributed by atoms with Crippen molar-refractivity contribution in [2.45, 2.75) is 12.3 Å². The Labute approximate surface area is 101 Å². The third kappa shape index (κ3) is 2.89. The van der Waals surface area contributed by atoms with Crippen molar-refractivity contribution in [2.24, 2.45) is 0 Å². The summed E-state index contributed by atoms with van der Waals surface area (Å²) in [6, 6.07) is 6.15. The van der Waals surface area contributed by atoms with Gasteiger partial charge < -0.3 is 0 Å². The van der Waals surface area contributed by atoms with Crippen LogP contribution in [-0.4, -0.2) is 29.1 Å². The summed E-state index contributed by atoms with van der Waals surface area (Å²) in [6.07, 6.45) is 5.60. The van der Waals surface area contributed by atoms with Crippen LogP contribution in [0, 0.1) is 0 Å². The highest BCUT2D eigenvalue weighted by Crippen LogP contribution is 2.10. The Kier molecular flexibility index (Phi) is 3.67. The lowest BCUT2D eigenvalue weighted by atomic mass is 9.92. The molecule has 0 aliphatic carbocycles. The summed E-state index contributed by atoms with van der Waals surface area (Å²) in [6.45, 7) is 0.715. The van der Waals surface area contributed by atoms with Crippen molar-refractivity contribution in [2.75, 3.05) is 6.26 Å². The Morgan fingerprint density at radius 2 is 2.12 bits per heavy atom. The topological polar surface area (TPSA) is 30.7 Å². The Morgan fingerprint density at radius 3 is 2.81 bits per heavy atom. The van der Waals surface area contributed by atoms with E-state index in [-0.39, 0.29) is 0 Å². The van der Waals surface area contributed by atoms with Gasteiger partial charge in [-0.05, 0) is 17.4 Å². The second kappa shape index (κ2) is 5.21. The molecule has 0 amide bonds. The molecule has 2 radical (unpaired) electrons. The van der Waals surface area contributed by atoms with Gasteiger partial charge in [0, 0.05) is 11.9 Å². The maximum Gasteiger partial charge on any atom is 0.113 e. The van der Waals surface area contributed by atoms with Gasteiger partial charge >= 0.3 is 0 Å². The van der Waals surface area contributed by atoms with Crippen LogP contribution in [0.15, 0.2) is 30.6 Å². The quantitative estimate of drug-likeness (QED) is 0.732. The van der Waals surface area contributed by atoms with Crippen LogP contribution < -0.4 is 5.46 Å². The fourth-order valence-corrected chi connectivity index (χ4v) is 2.14. The zero-order chi connectivity index (χ0) is 11.4. The van der Waals surface area contributed by atoms with Gasteiger partial charge in [0.2, 0.25) is 0 Å². The van der Waals surface area contributed by atoms with E-state index >= 15 is 0 Å². The summed E-state index contributed by atoms with van der Waals surface area (Å²) < 4.78 is 1.79. The van der Waals surface area contributed by atoms with Crippen LogP contribution in [0.3, 0.4) is 0 Å². The Morgan fingerprint density at radius 1 is 1.31 bits per heavy atom. The molecule has 16 heavy (non-hydrogen) atoms. The molecule has 0 saturated carbocycles. The minimum atomic E-state index is 0.715. The van der Waals surface area contributed by atoms with Gasteiger partial charge in [-0.15, -0.1) is 5.10 Å². The van der Waals surface area contributed by atoms with E-state index < -0.39 is 0 Å². The smallest absolute Gasteiger partial charge is 0.113 e. The average molecular weight is 229 g/mol. The maximum absolute atomic E-state index is 5.86. The van der Waals surface area contributed by atoms with Gasteiger partial charge in [0.1, 0.15) is 7.85 Å². The minimum Gasteiger partial charge on any atom is -0.248 e. The van der Waals surface area contributed by atoms with Crippen LogP contribution in [0.1, 0.15) is 11.1 Å². The standard InChI is InChI=1S/C11H12BN3S/c1-16-8-10-4-9(5-11(12)6-10)7-15-3-2-13-14-15/h2-6H,7-8H2,1H3. The van der Waals surface area contributed by atoms with E-state index in [2.05, 4.69) is 22.6 Å². The lowest BCUT2D eigenvalue weighted by Gasteiger charge is -2.07. The molecule has 0 N–H and O–H groups in total. The molecule has 0 spiro atoms. The molecule has 5 heteroatoms. The summed E-state index contributed by atoms with van der Waals surface area (Å²) in [5, 5.41) is 7.71. The van der Waals surface area contributed by atoms with Crippen LogP contribution in [0.5, 0.6) is 0 Å². The number of rotatable bonds is 4. The van der Waals surface area contributed by atoms with Gasteiger partial charge in [0.15, 0.2) is 0 Å². The fourth-order valence-electron chi connectivity index (χ4n) is 1.64. The van der Waals surface area contributed by atoms with Crippen molar-refractivity contribution in [1.29, 1.82) is 0 Å². The first-order valence-electron chi connectivity index (χ1n) is 4.99. The summed E-state index contributed by atoms with van der Waals surface area (Å²) in [7, 11) is 5.86. The molecule has 1 aromatic heterocycles. The molecular weight excluding hydrogens is 217 g/mol. The number of nitrogens with zero attached hydrogens (tertiary/aromatic N) is 3. The largest absolute Gasteiger partial charge is 0.248 e. The Balaban J connectivity index is 2.20. The van der Waals surface area contributed by atoms with Crippen LogP contribution in [0.4, 0.5) is 0 Å². The predicted octanol–water partition coefficient (Wildman–Crippen LogP) is 0.983. The fraction of sp³-hybridized carbons (Fsp3) is 0.273. The molecular formula is C11H12BN3S. The number of thioether (sulfide) groups is 1. The molecule has 2 rings (SSSR count). The summed E-state index contributed by atoms with van der Waals surface area (Å²) in [5.74, 6) is 0.982. The normalized spacial score (nSPS) is 10.6. The van der Waals surface area contributed by atoms with Crippen molar-refractivity contribution in [3.05, 3.63) is 41.7 Å². The van der Waals surface area contributed by atoms with Crippen molar-refractivity contribution < 1.29 is 0 Å². The molecule has 0 fully saturated rings. The van der Waals surface area contributed by atoms with Gasteiger partial charge in [-0.1, -0.05) is 28.9 Å². The third-order valence-electron chi connectivity index (χ3n) is 2.20. The molecule has 0 aliphatic rings. The van der Waals surface area contributed by atoms with E-state index in [9.17, 15) is 0 Å². The molecule has 3 nitrogen and oxygen atoms in total. The van der Waals surface area contributed by atoms with Gasteiger partial charge in [-0.2, -0.15) is 11.8 Å². The molecule has 80 valence electrons. The lowest BCUT2D eigenvalue weighted by Crippen LogP contribution is -2.08. The monoisotopic (exact) mass is 229 g/mol. The minimum absolute atomic E-state index is 0.715. The van der Waals surface area contributed by atoms with Gasteiger partial charge in [-0.3, -0.25) is 0 Å². The SMILES string of the molecule is [B]c1cc(CSC)cc(Cn2ccnn2)c1. The molecule has 2 aromatic rings. The van der Waals surface area contributed by atoms with Crippen LogP contribution >= 0.6 is 11.8 Å². The first kappa shape index (κ1) is 11.3. The highest BCUT2D eigenvalue weighted by atomic mass is 32.2. The second-order valence-corrected chi connectivity index (χ2v) is 4.48. The van der Waals surface area contributed by atoms with E-state index in [1.54, 1.807) is 22.6 Å². The highest BCUT2D eigenvalue weighted by molar-refractivity contribution is 7.97. The highest BCUT2D eigenvalue weighted by Gasteiger charge is 2.00. The van der Waals surface area contributed by atoms with E-state index in [4.69, 9.17) is 7.85 Å². The van der Waals surface area contributed by atoms with Crippen LogP contribution in [-0.2, 0) is 12.3 Å². The van der Waals surface area contributed by atoms with E-state index in [0.29, 0.717) is 6.54 Å². The molecule has 0 bridgehead atoms. The zero-order valence-electron chi connectivity index (χ0n) is 9.13. The van der Waals surface area contributed by atoms with Gasteiger partial charge in [0.05, 0.1) is 12.7 Å². The first-order valence-corrected chi connectivity index (χ1v) is 6.38. The number of hydrogen-bond acceptors (Lipinski definition) is 3. The molecule has 0 atom stereocenters. The Hall–Kier alpha value is -1.23. The molecule has 0 unspecified atom stereocenters. The van der Waals surface area contributed by atoms with Crippen molar-refractivity contribution >= 4 is 25.1 Å². The summed E-state index contributed by atoms with van der Waals surface area (Å²) >= 11 is 1.79. The van der Waals surface area contributed by atoms with Gasteiger partial charge in [0.25, 0.3) is 0 Å². The second-order valence-electron chi connectivity index (χ2n) is 3.62. The van der Waals surface area contributed by atoms with E-state index in [1.165, 1.54) is 5.56 Å². The van der Waals surface area contributed by atoms with Crippen LogP contribution in [0.2, 0.25) is 0 Å². The molecule has 1 heterocycles. The summed E-state index contributed by atoms with van der Waals surface area (Å²) in [5.41, 5.74) is 3.22. The van der Waals surface area contributed by atoms with Crippen molar-refractivity contribution in [3.63, 3.8) is 0 Å². The number of hydrogen-bond donors (Lipinski definition) is 0. The third-order valence-corrected chi connectivity index (χ3v) is 2.82. The first-order chi connectivity index (χ1) is 7.78. The van der Waals surface area contributed by atoms with E-state index in [1.807, 2.05) is 18.3 Å². The molecule has 0 saturated heterocycles. The molecule has 0 aliphatic heterocycles. The Bertz CT molecular complexity index is 456. The predicted molar refractivity (Wildman–Crippen MR) is 68.2 cm³/mol. The summed E-state index contributed by atoms with van der Waals surface area (Å²) in [4.78, 5) is 0. The maximum atomic E-state index is 5.86. The van der Waals surface area contributed by atoms with E-state index in [0.717, 1.165) is 16.8 Å². The van der Waals surface area contributed by atoms with Crippen molar-refractivity contribution in [1.82, 2.24) is 15.0 Å². The number of benzene rings is 1. The van der Waals surface area contributed by atoms with Crippen molar-refractivity contribution in [3.8, 4) is 0 Å². The number of aromatic nitrogens is 3. The van der Waals surface area contributed by atoms with Gasteiger partial charge in [-0.25, -0.2) is 4.68 Å². The van der Waals surface area contributed by atoms with Crippen LogP contribution in [0.25, 0.3) is 0 Å².